The van der Waals surface area contributed by atoms with Gasteiger partial charge in [-0.2, -0.15) is 11.8 Å². The van der Waals surface area contributed by atoms with Gasteiger partial charge < -0.3 is 10.4 Å². The van der Waals surface area contributed by atoms with Crippen LogP contribution in [0.5, 0.6) is 0 Å². The van der Waals surface area contributed by atoms with E-state index in [2.05, 4.69) is 16.6 Å². The van der Waals surface area contributed by atoms with E-state index in [4.69, 9.17) is 5.11 Å². The molecule has 0 aliphatic rings. The molecule has 0 radical (unpaired) electrons. The normalized spacial score (nSPS) is 9.93. The molecule has 0 unspecified atom stereocenters. The second-order valence-electron chi connectivity index (χ2n) is 3.01. The molecule has 0 spiro atoms. The summed E-state index contributed by atoms with van der Waals surface area (Å²) >= 11 is 1.79. The van der Waals surface area contributed by atoms with Crippen LogP contribution >= 0.6 is 11.8 Å². The quantitative estimate of drug-likeness (QED) is 0.726. The summed E-state index contributed by atoms with van der Waals surface area (Å²) in [6, 6.07) is 3.02. The molecule has 0 aromatic carbocycles. The number of carboxylic acid groups (broad SMARTS) is 1. The van der Waals surface area contributed by atoms with E-state index in [9.17, 15) is 4.79 Å². The predicted molar refractivity (Wildman–Crippen MR) is 62.7 cm³/mol. The van der Waals surface area contributed by atoms with Gasteiger partial charge in [0.1, 0.15) is 5.82 Å². The van der Waals surface area contributed by atoms with Crippen molar-refractivity contribution in [2.45, 2.75) is 6.42 Å². The minimum absolute atomic E-state index is 0.261. The molecule has 1 rings (SSSR count). The number of carbonyl (C=O) groups is 1. The zero-order chi connectivity index (χ0) is 11.1. The second-order valence-corrected chi connectivity index (χ2v) is 3.99. The molecule has 1 aromatic heterocycles. The van der Waals surface area contributed by atoms with E-state index >= 15 is 0 Å². The number of aromatic nitrogens is 1. The Labute approximate surface area is 93.1 Å². The molecule has 0 atom stereocenters. The Morgan fingerprint density at radius 1 is 1.67 bits per heavy atom. The van der Waals surface area contributed by atoms with Crippen LogP contribution in [0.25, 0.3) is 0 Å². The Kier molecular flexibility index (Phi) is 4.97. The Bertz CT molecular complexity index is 331. The fourth-order valence-corrected chi connectivity index (χ4v) is 1.53. The number of aromatic carboxylic acids is 1. The van der Waals surface area contributed by atoms with Gasteiger partial charge in [-0.25, -0.2) is 9.78 Å². The summed E-state index contributed by atoms with van der Waals surface area (Å²) in [5.41, 5.74) is 0.261. The summed E-state index contributed by atoms with van der Waals surface area (Å²) in [6.07, 6.45) is 4.60. The van der Waals surface area contributed by atoms with Crippen LogP contribution in [-0.4, -0.2) is 34.6 Å². The SMILES string of the molecule is CSCCCNc1cc(C(=O)O)ccn1. The number of thioether (sulfide) groups is 1. The molecule has 0 amide bonds. The maximum Gasteiger partial charge on any atom is 0.335 e. The summed E-state index contributed by atoms with van der Waals surface area (Å²) in [7, 11) is 0. The average molecular weight is 226 g/mol. The van der Waals surface area contributed by atoms with Crippen LogP contribution in [0.4, 0.5) is 5.82 Å². The lowest BCUT2D eigenvalue weighted by molar-refractivity contribution is 0.0697. The third kappa shape index (κ3) is 4.20. The first kappa shape index (κ1) is 11.8. The molecule has 82 valence electrons. The molecule has 15 heavy (non-hydrogen) atoms. The van der Waals surface area contributed by atoms with Crippen LogP contribution in [0.3, 0.4) is 0 Å². The molecule has 4 nitrogen and oxygen atoms in total. The van der Waals surface area contributed by atoms with E-state index in [0.29, 0.717) is 5.82 Å². The summed E-state index contributed by atoms with van der Waals surface area (Å²) in [6.45, 7) is 0.816. The number of hydrogen-bond acceptors (Lipinski definition) is 4. The number of carboxylic acids is 1. The maximum atomic E-state index is 10.7. The van der Waals surface area contributed by atoms with Crippen LogP contribution in [-0.2, 0) is 0 Å². The van der Waals surface area contributed by atoms with Gasteiger partial charge in [0.05, 0.1) is 5.56 Å². The van der Waals surface area contributed by atoms with Crippen molar-refractivity contribution < 1.29 is 9.90 Å². The summed E-state index contributed by atoms with van der Waals surface area (Å²) < 4.78 is 0. The lowest BCUT2D eigenvalue weighted by atomic mass is 10.2. The minimum atomic E-state index is -0.926. The first-order valence-electron chi connectivity index (χ1n) is 4.66. The van der Waals surface area contributed by atoms with Crippen molar-refractivity contribution in [1.82, 2.24) is 4.98 Å². The molecule has 2 N–H and O–H groups in total. The number of rotatable bonds is 6. The lowest BCUT2D eigenvalue weighted by Gasteiger charge is -2.04. The number of hydrogen-bond donors (Lipinski definition) is 2. The Morgan fingerprint density at radius 3 is 3.13 bits per heavy atom. The number of pyridine rings is 1. The third-order valence-corrected chi connectivity index (χ3v) is 2.54. The van der Waals surface area contributed by atoms with Crippen molar-refractivity contribution in [2.24, 2.45) is 0 Å². The first-order valence-corrected chi connectivity index (χ1v) is 6.05. The van der Waals surface area contributed by atoms with Crippen molar-refractivity contribution in [3.05, 3.63) is 23.9 Å². The topological polar surface area (TPSA) is 62.2 Å². The number of anilines is 1. The van der Waals surface area contributed by atoms with E-state index < -0.39 is 5.97 Å². The zero-order valence-electron chi connectivity index (χ0n) is 8.56. The van der Waals surface area contributed by atoms with Crippen molar-refractivity contribution >= 4 is 23.5 Å². The zero-order valence-corrected chi connectivity index (χ0v) is 9.38. The molecule has 5 heteroatoms. The molecule has 0 saturated carbocycles. The van der Waals surface area contributed by atoms with E-state index in [1.54, 1.807) is 17.8 Å². The third-order valence-electron chi connectivity index (χ3n) is 1.84. The van der Waals surface area contributed by atoms with Crippen LogP contribution in [0, 0.1) is 0 Å². The van der Waals surface area contributed by atoms with Gasteiger partial charge in [0.15, 0.2) is 0 Å². The molecular weight excluding hydrogens is 212 g/mol. The standard InChI is InChI=1S/C10H14N2O2S/c1-15-6-2-4-11-9-7-8(10(13)14)3-5-12-9/h3,5,7H,2,4,6H2,1H3,(H,11,12)(H,13,14). The Hall–Kier alpha value is -1.23. The van der Waals surface area contributed by atoms with Crippen LogP contribution < -0.4 is 5.32 Å². The fourth-order valence-electron chi connectivity index (χ4n) is 1.09. The van der Waals surface area contributed by atoms with Crippen LogP contribution in [0.2, 0.25) is 0 Å². The van der Waals surface area contributed by atoms with Gasteiger partial charge in [-0.3, -0.25) is 0 Å². The van der Waals surface area contributed by atoms with Crippen LogP contribution in [0.1, 0.15) is 16.8 Å². The van der Waals surface area contributed by atoms with Gasteiger partial charge in [0.2, 0.25) is 0 Å². The number of nitrogens with zero attached hydrogens (tertiary/aromatic N) is 1. The van der Waals surface area contributed by atoms with Gasteiger partial charge >= 0.3 is 5.97 Å². The predicted octanol–water partition coefficient (Wildman–Crippen LogP) is 1.94. The van der Waals surface area contributed by atoms with Gasteiger partial charge in [-0.15, -0.1) is 0 Å². The van der Waals surface area contributed by atoms with E-state index in [0.717, 1.165) is 18.7 Å². The molecular formula is C10H14N2O2S. The number of nitrogens with one attached hydrogen (secondary N) is 1. The average Bonchev–Trinajstić information content (AvgIpc) is 2.25. The smallest absolute Gasteiger partial charge is 0.335 e. The minimum Gasteiger partial charge on any atom is -0.478 e. The van der Waals surface area contributed by atoms with Crippen molar-refractivity contribution in [2.75, 3.05) is 23.9 Å². The van der Waals surface area contributed by atoms with Gasteiger partial charge in [0.25, 0.3) is 0 Å². The highest BCUT2D eigenvalue weighted by Crippen LogP contribution is 2.07. The van der Waals surface area contributed by atoms with E-state index in [1.165, 1.54) is 12.3 Å². The van der Waals surface area contributed by atoms with E-state index in [1.807, 2.05) is 0 Å². The van der Waals surface area contributed by atoms with Crippen LogP contribution in [0.15, 0.2) is 18.3 Å². The largest absolute Gasteiger partial charge is 0.478 e. The van der Waals surface area contributed by atoms with Gasteiger partial charge in [-0.1, -0.05) is 0 Å². The highest BCUT2D eigenvalue weighted by molar-refractivity contribution is 7.98. The molecule has 0 aliphatic heterocycles. The van der Waals surface area contributed by atoms with Gasteiger partial charge in [-0.05, 0) is 30.6 Å². The molecule has 1 aromatic rings. The Balaban J connectivity index is 2.47. The summed E-state index contributed by atoms with van der Waals surface area (Å²) in [4.78, 5) is 14.7. The lowest BCUT2D eigenvalue weighted by Crippen LogP contribution is -2.05. The Morgan fingerprint density at radius 2 is 2.47 bits per heavy atom. The summed E-state index contributed by atoms with van der Waals surface area (Å²) in [5.74, 6) is 0.784. The highest BCUT2D eigenvalue weighted by Gasteiger charge is 2.03. The molecule has 0 fully saturated rings. The first-order chi connectivity index (χ1) is 7.24. The van der Waals surface area contributed by atoms with Crippen molar-refractivity contribution in [3.63, 3.8) is 0 Å². The van der Waals surface area contributed by atoms with E-state index in [-0.39, 0.29) is 5.56 Å². The van der Waals surface area contributed by atoms with Gasteiger partial charge in [0, 0.05) is 12.7 Å². The molecule has 1 heterocycles. The fraction of sp³-hybridized carbons (Fsp3) is 0.400. The summed E-state index contributed by atoms with van der Waals surface area (Å²) in [5, 5.41) is 11.8. The maximum absolute atomic E-state index is 10.7. The molecule has 0 saturated heterocycles. The second kappa shape index (κ2) is 6.29. The highest BCUT2D eigenvalue weighted by atomic mass is 32.2. The molecule has 0 bridgehead atoms. The monoisotopic (exact) mass is 226 g/mol. The van der Waals surface area contributed by atoms with Crippen molar-refractivity contribution in [1.29, 1.82) is 0 Å². The van der Waals surface area contributed by atoms with Crippen molar-refractivity contribution in [3.8, 4) is 0 Å². The molecule has 0 aliphatic carbocycles.